The Balaban J connectivity index is 1.69. The number of amides is 1. The quantitative estimate of drug-likeness (QED) is 0.454. The zero-order chi connectivity index (χ0) is 25.1. The number of hydrogen-bond acceptors (Lipinski definition) is 7. The first-order valence-corrected chi connectivity index (χ1v) is 11.1. The van der Waals surface area contributed by atoms with Crippen molar-refractivity contribution in [3.05, 3.63) is 85.5 Å². The molecule has 0 bridgehead atoms. The summed E-state index contributed by atoms with van der Waals surface area (Å²) < 4.78 is 0. The molecule has 0 spiro atoms. The molecule has 1 amide bonds. The van der Waals surface area contributed by atoms with Crippen molar-refractivity contribution in [3.63, 3.8) is 0 Å². The Hall–Kier alpha value is -4.41. The highest BCUT2D eigenvalue weighted by molar-refractivity contribution is 6.08. The Bertz CT molecular complexity index is 1240. The smallest absolute Gasteiger partial charge is 0.303 e. The van der Waals surface area contributed by atoms with Crippen molar-refractivity contribution in [2.24, 2.45) is 11.0 Å². The molecule has 180 valence electrons. The van der Waals surface area contributed by atoms with Gasteiger partial charge in [-0.05, 0) is 54.2 Å². The monoisotopic (exact) mass is 478 g/mol. The number of allylic oxidation sites excluding steroid dienone is 1. The highest BCUT2D eigenvalue weighted by Crippen LogP contribution is 2.45. The van der Waals surface area contributed by atoms with Crippen molar-refractivity contribution >= 4 is 35.0 Å². The van der Waals surface area contributed by atoms with Crippen LogP contribution in [0.1, 0.15) is 49.3 Å². The van der Waals surface area contributed by atoms with Gasteiger partial charge in [-0.15, -0.1) is 0 Å². The number of nitro benzene ring substituents is 2. The lowest BCUT2D eigenvalue weighted by molar-refractivity contribution is -0.385. The van der Waals surface area contributed by atoms with Crippen LogP contribution in [0.25, 0.3) is 6.08 Å². The van der Waals surface area contributed by atoms with E-state index in [9.17, 15) is 29.8 Å². The van der Waals surface area contributed by atoms with Crippen molar-refractivity contribution < 1.29 is 24.5 Å². The molecule has 2 aromatic carbocycles. The number of non-ortho nitro benzene ring substituents is 2. The van der Waals surface area contributed by atoms with Gasteiger partial charge in [0.25, 0.3) is 11.4 Å². The molecule has 0 aromatic heterocycles. The van der Waals surface area contributed by atoms with Crippen LogP contribution in [0.3, 0.4) is 0 Å². The van der Waals surface area contributed by atoms with Gasteiger partial charge in [0.15, 0.2) is 0 Å². The van der Waals surface area contributed by atoms with Crippen molar-refractivity contribution in [1.82, 2.24) is 5.01 Å². The molecule has 1 N–H and O–H groups in total. The van der Waals surface area contributed by atoms with E-state index in [1.165, 1.54) is 29.3 Å². The Morgan fingerprint density at radius 3 is 2.17 bits per heavy atom. The first-order chi connectivity index (χ1) is 16.7. The standard InChI is InChI=1S/C24H22N4O7/c29-21(12-13-22(30)31)26-24(16-6-10-19(11-7-16)28(34)35)20-3-1-2-17(23(20)25-26)14-15-4-8-18(9-5-15)27(32)33/h4-11,14,20,24H,1-3,12-13H2,(H,30,31). The minimum atomic E-state index is -1.09. The van der Waals surface area contributed by atoms with E-state index < -0.39 is 27.8 Å². The van der Waals surface area contributed by atoms with Crippen LogP contribution in [0.5, 0.6) is 0 Å². The minimum absolute atomic E-state index is 0.0136. The number of rotatable bonds is 7. The Labute approximate surface area is 199 Å². The molecule has 11 heteroatoms. The fourth-order valence-corrected chi connectivity index (χ4v) is 4.56. The number of hydrogen-bond donors (Lipinski definition) is 1. The SMILES string of the molecule is O=C(O)CCC(=O)N1N=C2C(=Cc3ccc([N+](=O)[O-])cc3)CCCC2C1c1ccc([N+](=O)[O-])cc1. The minimum Gasteiger partial charge on any atom is -0.481 e. The summed E-state index contributed by atoms with van der Waals surface area (Å²) in [5, 5.41) is 37.0. The van der Waals surface area contributed by atoms with Gasteiger partial charge in [0, 0.05) is 36.6 Å². The summed E-state index contributed by atoms with van der Waals surface area (Å²) in [7, 11) is 0. The van der Waals surface area contributed by atoms with Crippen LogP contribution in [0.15, 0.2) is 59.2 Å². The van der Waals surface area contributed by atoms with E-state index >= 15 is 0 Å². The summed E-state index contributed by atoms with van der Waals surface area (Å²) in [5.41, 5.74) is 2.97. The molecule has 1 fully saturated rings. The molecule has 1 heterocycles. The molecule has 0 radical (unpaired) electrons. The van der Waals surface area contributed by atoms with Gasteiger partial charge in [0.05, 0.1) is 28.0 Å². The number of benzene rings is 2. The molecule has 1 aliphatic carbocycles. The van der Waals surface area contributed by atoms with Crippen LogP contribution in [0.2, 0.25) is 0 Å². The average molecular weight is 478 g/mol. The number of carboxylic acids is 1. The zero-order valence-electron chi connectivity index (χ0n) is 18.6. The average Bonchev–Trinajstić information content (AvgIpc) is 3.23. The maximum Gasteiger partial charge on any atom is 0.303 e. The number of aliphatic carboxylic acids is 1. The van der Waals surface area contributed by atoms with Gasteiger partial charge in [-0.25, -0.2) is 5.01 Å². The van der Waals surface area contributed by atoms with Gasteiger partial charge in [0.1, 0.15) is 0 Å². The largest absolute Gasteiger partial charge is 0.481 e. The summed E-state index contributed by atoms with van der Waals surface area (Å²) in [5.74, 6) is -1.69. The van der Waals surface area contributed by atoms with E-state index in [0.29, 0.717) is 17.7 Å². The predicted molar refractivity (Wildman–Crippen MR) is 125 cm³/mol. The second-order valence-corrected chi connectivity index (χ2v) is 8.43. The molecule has 2 aliphatic rings. The molecule has 0 saturated heterocycles. The summed E-state index contributed by atoms with van der Waals surface area (Å²) in [6.07, 6.45) is 3.61. The summed E-state index contributed by atoms with van der Waals surface area (Å²) in [6, 6.07) is 11.6. The molecule has 11 nitrogen and oxygen atoms in total. The lowest BCUT2D eigenvalue weighted by Gasteiger charge is -2.29. The lowest BCUT2D eigenvalue weighted by Crippen LogP contribution is -2.32. The third kappa shape index (κ3) is 5.08. The molecule has 35 heavy (non-hydrogen) atoms. The number of nitrogens with zero attached hydrogens (tertiary/aromatic N) is 4. The van der Waals surface area contributed by atoms with Gasteiger partial charge in [0.2, 0.25) is 5.91 Å². The van der Waals surface area contributed by atoms with E-state index in [0.717, 1.165) is 24.0 Å². The number of carboxylic acid groups (broad SMARTS) is 1. The van der Waals surface area contributed by atoms with E-state index in [1.54, 1.807) is 24.3 Å². The van der Waals surface area contributed by atoms with Gasteiger partial charge in [-0.3, -0.25) is 29.8 Å². The summed E-state index contributed by atoms with van der Waals surface area (Å²) >= 11 is 0. The Morgan fingerprint density at radius 2 is 1.60 bits per heavy atom. The van der Waals surface area contributed by atoms with Crippen LogP contribution in [0.4, 0.5) is 11.4 Å². The maximum absolute atomic E-state index is 13.0. The lowest BCUT2D eigenvalue weighted by atomic mass is 9.77. The van der Waals surface area contributed by atoms with Gasteiger partial charge < -0.3 is 5.11 Å². The molecule has 2 unspecified atom stereocenters. The van der Waals surface area contributed by atoms with E-state index in [2.05, 4.69) is 5.10 Å². The maximum atomic E-state index is 13.0. The highest BCUT2D eigenvalue weighted by atomic mass is 16.6. The summed E-state index contributed by atoms with van der Waals surface area (Å²) in [6.45, 7) is 0. The Morgan fingerprint density at radius 1 is 1.00 bits per heavy atom. The molecule has 2 atom stereocenters. The van der Waals surface area contributed by atoms with Crippen molar-refractivity contribution in [3.8, 4) is 0 Å². The number of fused-ring (bicyclic) bond motifs is 1. The van der Waals surface area contributed by atoms with E-state index in [-0.39, 0.29) is 30.1 Å². The van der Waals surface area contributed by atoms with Crippen LogP contribution in [-0.4, -0.2) is 37.6 Å². The van der Waals surface area contributed by atoms with Crippen molar-refractivity contribution in [1.29, 1.82) is 0 Å². The number of carbonyl (C=O) groups excluding carboxylic acids is 1. The van der Waals surface area contributed by atoms with Crippen LogP contribution >= 0.6 is 0 Å². The second kappa shape index (κ2) is 9.84. The topological polar surface area (TPSA) is 156 Å². The first-order valence-electron chi connectivity index (χ1n) is 11.1. The molecule has 4 rings (SSSR count). The van der Waals surface area contributed by atoms with Crippen LogP contribution < -0.4 is 0 Å². The van der Waals surface area contributed by atoms with Crippen LogP contribution in [-0.2, 0) is 9.59 Å². The van der Waals surface area contributed by atoms with Gasteiger partial charge in [-0.2, -0.15) is 5.10 Å². The van der Waals surface area contributed by atoms with Crippen molar-refractivity contribution in [2.75, 3.05) is 0 Å². The molecular formula is C24H22N4O7. The first kappa shape index (κ1) is 23.7. The third-order valence-electron chi connectivity index (χ3n) is 6.20. The second-order valence-electron chi connectivity index (χ2n) is 8.43. The number of nitro groups is 2. The molecule has 1 saturated carbocycles. The highest BCUT2D eigenvalue weighted by Gasteiger charge is 2.43. The number of hydrazone groups is 1. The third-order valence-corrected chi connectivity index (χ3v) is 6.20. The van der Waals surface area contributed by atoms with Crippen molar-refractivity contribution in [2.45, 2.75) is 38.1 Å². The molecule has 2 aromatic rings. The van der Waals surface area contributed by atoms with Crippen LogP contribution in [0, 0.1) is 26.1 Å². The molecular weight excluding hydrogens is 456 g/mol. The fourth-order valence-electron chi connectivity index (χ4n) is 4.56. The summed E-state index contributed by atoms with van der Waals surface area (Å²) in [4.78, 5) is 45.0. The molecule has 1 aliphatic heterocycles. The normalized spacial score (nSPS) is 20.3. The van der Waals surface area contributed by atoms with Gasteiger partial charge in [-0.1, -0.05) is 12.1 Å². The Kier molecular flexibility index (Phi) is 6.67. The fraction of sp³-hybridized carbons (Fsp3) is 0.292. The van der Waals surface area contributed by atoms with Gasteiger partial charge >= 0.3 is 5.97 Å². The zero-order valence-corrected chi connectivity index (χ0v) is 18.6. The van der Waals surface area contributed by atoms with E-state index in [1.807, 2.05) is 6.08 Å². The predicted octanol–water partition coefficient (Wildman–Crippen LogP) is 4.49. The number of carbonyl (C=O) groups is 2. The van der Waals surface area contributed by atoms with E-state index in [4.69, 9.17) is 5.11 Å².